The molecule has 0 aliphatic carbocycles. The van der Waals surface area contributed by atoms with Crippen molar-refractivity contribution in [2.75, 3.05) is 19.0 Å². The SMILES string of the molecule is CCOc1c(Cl)cc(CNc2ccc(Oc3ccccc3)cc2)cc1OC. The van der Waals surface area contributed by atoms with Gasteiger partial charge in [-0.05, 0) is 61.0 Å². The average molecular weight is 384 g/mol. The molecule has 3 aromatic rings. The van der Waals surface area contributed by atoms with Crippen LogP contribution in [0.5, 0.6) is 23.0 Å². The van der Waals surface area contributed by atoms with Crippen LogP contribution in [0.4, 0.5) is 5.69 Å². The van der Waals surface area contributed by atoms with Gasteiger partial charge in [-0.1, -0.05) is 29.8 Å². The second kappa shape index (κ2) is 9.19. The van der Waals surface area contributed by atoms with Crippen molar-refractivity contribution in [2.24, 2.45) is 0 Å². The predicted molar refractivity (Wildman–Crippen MR) is 109 cm³/mol. The first-order chi connectivity index (χ1) is 13.2. The van der Waals surface area contributed by atoms with Crippen LogP contribution in [0.25, 0.3) is 0 Å². The summed E-state index contributed by atoms with van der Waals surface area (Å²) in [6.07, 6.45) is 0. The number of hydrogen-bond donors (Lipinski definition) is 1. The Balaban J connectivity index is 1.64. The second-order valence-corrected chi connectivity index (χ2v) is 6.24. The van der Waals surface area contributed by atoms with Crippen molar-refractivity contribution in [3.63, 3.8) is 0 Å². The van der Waals surface area contributed by atoms with E-state index < -0.39 is 0 Å². The smallest absolute Gasteiger partial charge is 0.179 e. The van der Waals surface area contributed by atoms with E-state index in [1.165, 1.54) is 0 Å². The average Bonchev–Trinajstić information content (AvgIpc) is 2.70. The summed E-state index contributed by atoms with van der Waals surface area (Å²) >= 11 is 6.32. The molecule has 0 aliphatic heterocycles. The minimum atomic E-state index is 0.533. The van der Waals surface area contributed by atoms with Crippen molar-refractivity contribution in [1.29, 1.82) is 0 Å². The van der Waals surface area contributed by atoms with Gasteiger partial charge in [-0.2, -0.15) is 0 Å². The summed E-state index contributed by atoms with van der Waals surface area (Å²) in [5.41, 5.74) is 1.99. The number of anilines is 1. The summed E-state index contributed by atoms with van der Waals surface area (Å²) in [4.78, 5) is 0. The molecule has 3 aromatic carbocycles. The van der Waals surface area contributed by atoms with Crippen LogP contribution < -0.4 is 19.5 Å². The molecule has 0 fully saturated rings. The third kappa shape index (κ3) is 5.08. The van der Waals surface area contributed by atoms with E-state index in [9.17, 15) is 0 Å². The molecule has 0 aliphatic rings. The largest absolute Gasteiger partial charge is 0.493 e. The van der Waals surface area contributed by atoms with Gasteiger partial charge in [0.2, 0.25) is 0 Å². The molecule has 0 aromatic heterocycles. The molecular formula is C22H22ClNO3. The van der Waals surface area contributed by atoms with Crippen LogP contribution in [0.3, 0.4) is 0 Å². The Morgan fingerprint density at radius 1 is 0.926 bits per heavy atom. The van der Waals surface area contributed by atoms with E-state index >= 15 is 0 Å². The van der Waals surface area contributed by atoms with E-state index in [0.717, 1.165) is 22.7 Å². The van der Waals surface area contributed by atoms with E-state index in [4.69, 9.17) is 25.8 Å². The van der Waals surface area contributed by atoms with Crippen LogP contribution in [-0.4, -0.2) is 13.7 Å². The number of halogens is 1. The van der Waals surface area contributed by atoms with Gasteiger partial charge in [0.15, 0.2) is 11.5 Å². The molecule has 0 heterocycles. The maximum absolute atomic E-state index is 6.32. The fraction of sp³-hybridized carbons (Fsp3) is 0.182. The second-order valence-electron chi connectivity index (χ2n) is 5.84. The fourth-order valence-electron chi connectivity index (χ4n) is 2.63. The molecule has 1 N–H and O–H groups in total. The summed E-state index contributed by atoms with van der Waals surface area (Å²) in [5.74, 6) is 2.81. The van der Waals surface area contributed by atoms with E-state index in [0.29, 0.717) is 29.7 Å². The van der Waals surface area contributed by atoms with Gasteiger partial charge in [-0.3, -0.25) is 0 Å². The highest BCUT2D eigenvalue weighted by atomic mass is 35.5. The Labute approximate surface area is 164 Å². The van der Waals surface area contributed by atoms with Crippen molar-refractivity contribution >= 4 is 17.3 Å². The van der Waals surface area contributed by atoms with E-state index in [2.05, 4.69) is 5.32 Å². The highest BCUT2D eigenvalue weighted by Crippen LogP contribution is 2.36. The van der Waals surface area contributed by atoms with Gasteiger partial charge in [0.05, 0.1) is 18.7 Å². The molecule has 0 radical (unpaired) electrons. The summed E-state index contributed by atoms with van der Waals surface area (Å²) in [6, 6.07) is 21.3. The standard InChI is InChI=1S/C22H22ClNO3/c1-3-26-22-20(23)13-16(14-21(22)25-2)15-24-17-9-11-19(12-10-17)27-18-7-5-4-6-8-18/h4-14,24H,3,15H2,1-2H3. The van der Waals surface area contributed by atoms with Crippen LogP contribution in [0.2, 0.25) is 5.02 Å². The monoisotopic (exact) mass is 383 g/mol. The van der Waals surface area contributed by atoms with Gasteiger partial charge in [-0.25, -0.2) is 0 Å². The summed E-state index contributed by atoms with van der Waals surface area (Å²) in [5, 5.41) is 3.91. The van der Waals surface area contributed by atoms with Crippen LogP contribution in [0.1, 0.15) is 12.5 Å². The molecule has 3 rings (SSSR count). The molecular weight excluding hydrogens is 362 g/mol. The first kappa shape index (κ1) is 18.9. The van der Waals surface area contributed by atoms with Gasteiger partial charge in [-0.15, -0.1) is 0 Å². The van der Waals surface area contributed by atoms with Crippen molar-refractivity contribution in [3.8, 4) is 23.0 Å². The number of hydrogen-bond acceptors (Lipinski definition) is 4. The summed E-state index contributed by atoms with van der Waals surface area (Å²) in [7, 11) is 1.61. The van der Waals surface area contributed by atoms with Gasteiger partial charge < -0.3 is 19.5 Å². The Morgan fingerprint density at radius 3 is 2.30 bits per heavy atom. The molecule has 0 amide bonds. The number of ether oxygens (including phenoxy) is 3. The van der Waals surface area contributed by atoms with Gasteiger partial charge in [0.25, 0.3) is 0 Å². The lowest BCUT2D eigenvalue weighted by atomic mass is 10.2. The predicted octanol–water partition coefficient (Wildman–Crippen LogP) is 6.15. The maximum Gasteiger partial charge on any atom is 0.179 e. The maximum atomic E-state index is 6.32. The zero-order chi connectivity index (χ0) is 19.1. The van der Waals surface area contributed by atoms with Crippen molar-refractivity contribution in [1.82, 2.24) is 0 Å². The number of rotatable bonds is 8. The molecule has 0 saturated heterocycles. The first-order valence-corrected chi connectivity index (χ1v) is 9.13. The van der Waals surface area contributed by atoms with Crippen molar-refractivity contribution in [2.45, 2.75) is 13.5 Å². The van der Waals surface area contributed by atoms with Crippen LogP contribution in [0.15, 0.2) is 66.7 Å². The molecule has 4 nitrogen and oxygen atoms in total. The highest BCUT2D eigenvalue weighted by Gasteiger charge is 2.11. The Hall–Kier alpha value is -2.85. The quantitative estimate of drug-likeness (QED) is 0.506. The lowest BCUT2D eigenvalue weighted by Crippen LogP contribution is -2.02. The third-order valence-corrected chi connectivity index (χ3v) is 4.19. The molecule has 140 valence electrons. The molecule has 0 atom stereocenters. The molecule has 5 heteroatoms. The summed E-state index contributed by atoms with van der Waals surface area (Å²) < 4.78 is 16.7. The van der Waals surface area contributed by atoms with Crippen LogP contribution >= 0.6 is 11.6 Å². The lowest BCUT2D eigenvalue weighted by molar-refractivity contribution is 0.311. The number of methoxy groups -OCH3 is 1. The van der Waals surface area contributed by atoms with Gasteiger partial charge >= 0.3 is 0 Å². The molecule has 0 spiro atoms. The molecule has 27 heavy (non-hydrogen) atoms. The fourth-order valence-corrected chi connectivity index (χ4v) is 2.92. The Morgan fingerprint density at radius 2 is 1.63 bits per heavy atom. The molecule has 0 unspecified atom stereocenters. The number of benzene rings is 3. The van der Waals surface area contributed by atoms with Crippen molar-refractivity contribution < 1.29 is 14.2 Å². The number of nitrogens with one attached hydrogen (secondary N) is 1. The van der Waals surface area contributed by atoms with Gasteiger partial charge in [0, 0.05) is 12.2 Å². The lowest BCUT2D eigenvalue weighted by Gasteiger charge is -2.14. The summed E-state index contributed by atoms with van der Waals surface area (Å²) in [6.45, 7) is 3.06. The Kier molecular flexibility index (Phi) is 6.44. The minimum absolute atomic E-state index is 0.533. The molecule has 0 bridgehead atoms. The van der Waals surface area contributed by atoms with E-state index in [-0.39, 0.29) is 0 Å². The van der Waals surface area contributed by atoms with E-state index in [1.807, 2.05) is 73.7 Å². The first-order valence-electron chi connectivity index (χ1n) is 8.75. The van der Waals surface area contributed by atoms with Crippen LogP contribution in [-0.2, 0) is 6.54 Å². The zero-order valence-corrected chi connectivity index (χ0v) is 16.1. The minimum Gasteiger partial charge on any atom is -0.493 e. The topological polar surface area (TPSA) is 39.7 Å². The zero-order valence-electron chi connectivity index (χ0n) is 15.4. The van der Waals surface area contributed by atoms with Gasteiger partial charge in [0.1, 0.15) is 11.5 Å². The Bertz CT molecular complexity index is 867. The normalized spacial score (nSPS) is 10.3. The third-order valence-electron chi connectivity index (χ3n) is 3.91. The van der Waals surface area contributed by atoms with E-state index in [1.54, 1.807) is 7.11 Å². The van der Waals surface area contributed by atoms with Crippen LogP contribution in [0, 0.1) is 0 Å². The highest BCUT2D eigenvalue weighted by molar-refractivity contribution is 6.32. The van der Waals surface area contributed by atoms with Crippen molar-refractivity contribution in [3.05, 3.63) is 77.3 Å². The number of para-hydroxylation sites is 1. The molecule has 0 saturated carbocycles.